The van der Waals surface area contributed by atoms with Crippen LogP contribution in [0.1, 0.15) is 25.7 Å². The van der Waals surface area contributed by atoms with Crippen LogP contribution in [0.2, 0.25) is 0 Å². The van der Waals surface area contributed by atoms with E-state index in [1.165, 1.54) is 24.3 Å². The van der Waals surface area contributed by atoms with Crippen LogP contribution in [0, 0.1) is 10.1 Å². The second-order valence-electron chi connectivity index (χ2n) is 4.92. The van der Waals surface area contributed by atoms with Gasteiger partial charge in [-0.25, -0.2) is 0 Å². The van der Waals surface area contributed by atoms with E-state index in [0.29, 0.717) is 24.9 Å². The number of halogens is 3. The summed E-state index contributed by atoms with van der Waals surface area (Å²) in [5, 5.41) is 14.9. The Labute approximate surface area is 135 Å². The average molecular weight is 347 g/mol. The molecule has 0 radical (unpaired) electrons. The lowest BCUT2D eigenvalue weighted by Gasteiger charge is -2.08. The van der Waals surface area contributed by atoms with E-state index in [1.54, 1.807) is 5.32 Å². The predicted molar refractivity (Wildman–Crippen MR) is 79.3 cm³/mol. The van der Waals surface area contributed by atoms with Crippen LogP contribution < -0.4 is 10.6 Å². The van der Waals surface area contributed by atoms with Crippen LogP contribution in [0.25, 0.3) is 0 Å². The highest BCUT2D eigenvalue weighted by atomic mass is 19.4. The summed E-state index contributed by atoms with van der Waals surface area (Å²) in [6, 6.07) is 5.48. The fraction of sp³-hybridized carbons (Fsp3) is 0.429. The smallest absolute Gasteiger partial charge is 0.348 e. The minimum absolute atomic E-state index is 0.120. The number of rotatable bonds is 8. The third kappa shape index (κ3) is 7.07. The van der Waals surface area contributed by atoms with Crippen molar-refractivity contribution < 1.29 is 27.7 Å². The van der Waals surface area contributed by atoms with Crippen LogP contribution >= 0.6 is 0 Å². The van der Waals surface area contributed by atoms with Gasteiger partial charge in [-0.3, -0.25) is 19.7 Å². The molecule has 0 heterocycles. The fourth-order valence-corrected chi connectivity index (χ4v) is 1.81. The van der Waals surface area contributed by atoms with Gasteiger partial charge in [-0.05, 0) is 18.9 Å². The van der Waals surface area contributed by atoms with Crippen LogP contribution in [-0.2, 0) is 9.59 Å². The summed E-state index contributed by atoms with van der Waals surface area (Å²) in [5.41, 5.74) is 0.153. The average Bonchev–Trinajstić information content (AvgIpc) is 2.49. The van der Waals surface area contributed by atoms with Crippen LogP contribution in [0.4, 0.5) is 24.5 Å². The minimum atomic E-state index is -4.89. The molecule has 0 aliphatic heterocycles. The van der Waals surface area contributed by atoms with E-state index in [4.69, 9.17) is 0 Å². The van der Waals surface area contributed by atoms with E-state index in [1.807, 2.05) is 0 Å². The molecule has 2 N–H and O–H groups in total. The Morgan fingerprint density at radius 3 is 2.50 bits per heavy atom. The molecule has 0 aliphatic carbocycles. The summed E-state index contributed by atoms with van der Waals surface area (Å²) in [6.45, 7) is -0.120. The Morgan fingerprint density at radius 2 is 1.88 bits per heavy atom. The third-order valence-corrected chi connectivity index (χ3v) is 2.96. The number of benzene rings is 1. The van der Waals surface area contributed by atoms with Crippen molar-refractivity contribution in [3.05, 3.63) is 34.4 Å². The number of unbranched alkanes of at least 4 members (excludes halogenated alkanes) is 2. The molecule has 0 aromatic heterocycles. The summed E-state index contributed by atoms with van der Waals surface area (Å²) in [6.07, 6.45) is -3.58. The molecule has 1 rings (SSSR count). The Balaban J connectivity index is 2.22. The highest BCUT2D eigenvalue weighted by Crippen LogP contribution is 2.17. The van der Waals surface area contributed by atoms with Gasteiger partial charge in [-0.15, -0.1) is 0 Å². The molecule has 1 aromatic rings. The lowest BCUT2D eigenvalue weighted by molar-refractivity contribution is -0.384. The summed E-state index contributed by atoms with van der Waals surface area (Å²) >= 11 is 0. The summed E-state index contributed by atoms with van der Waals surface area (Å²) in [5.74, 6) is -2.33. The summed E-state index contributed by atoms with van der Waals surface area (Å²) in [7, 11) is 0. The van der Waals surface area contributed by atoms with Crippen molar-refractivity contribution in [3.63, 3.8) is 0 Å². The molecule has 1 aromatic carbocycles. The lowest BCUT2D eigenvalue weighted by Crippen LogP contribution is -2.37. The Kier molecular flexibility index (Phi) is 7.15. The van der Waals surface area contributed by atoms with Crippen molar-refractivity contribution in [2.45, 2.75) is 31.9 Å². The quantitative estimate of drug-likeness (QED) is 0.429. The number of amides is 2. The summed E-state index contributed by atoms with van der Waals surface area (Å²) < 4.78 is 35.7. The van der Waals surface area contributed by atoms with Gasteiger partial charge in [0.1, 0.15) is 0 Å². The topological polar surface area (TPSA) is 101 Å². The first kappa shape index (κ1) is 19.4. The second kappa shape index (κ2) is 8.85. The Hall–Kier alpha value is -2.65. The van der Waals surface area contributed by atoms with Gasteiger partial charge in [-0.2, -0.15) is 13.2 Å². The molecular weight excluding hydrogens is 331 g/mol. The van der Waals surface area contributed by atoms with Crippen molar-refractivity contribution in [1.29, 1.82) is 0 Å². The maximum atomic E-state index is 11.9. The van der Waals surface area contributed by atoms with Crippen LogP contribution in [0.15, 0.2) is 24.3 Å². The first-order valence-corrected chi connectivity index (χ1v) is 7.09. The maximum Gasteiger partial charge on any atom is 0.471 e. The van der Waals surface area contributed by atoms with Crippen molar-refractivity contribution in [3.8, 4) is 0 Å². The lowest BCUT2D eigenvalue weighted by atomic mass is 10.2. The molecule has 0 atom stereocenters. The largest absolute Gasteiger partial charge is 0.471 e. The number of hydrogen-bond donors (Lipinski definition) is 2. The van der Waals surface area contributed by atoms with E-state index >= 15 is 0 Å². The molecule has 0 unspecified atom stereocenters. The number of anilines is 1. The van der Waals surface area contributed by atoms with Gasteiger partial charge >= 0.3 is 12.1 Å². The molecular formula is C14H16F3N3O4. The fourth-order valence-electron chi connectivity index (χ4n) is 1.81. The van der Waals surface area contributed by atoms with Crippen molar-refractivity contribution in [2.75, 3.05) is 11.9 Å². The second-order valence-corrected chi connectivity index (χ2v) is 4.92. The highest BCUT2D eigenvalue weighted by Gasteiger charge is 2.38. The third-order valence-electron chi connectivity index (χ3n) is 2.96. The molecule has 24 heavy (non-hydrogen) atoms. The highest BCUT2D eigenvalue weighted by molar-refractivity contribution is 5.90. The minimum Gasteiger partial charge on any atom is -0.348 e. The van der Waals surface area contributed by atoms with Gasteiger partial charge < -0.3 is 10.6 Å². The van der Waals surface area contributed by atoms with Crippen LogP contribution in [-0.4, -0.2) is 29.5 Å². The summed E-state index contributed by atoms with van der Waals surface area (Å²) in [4.78, 5) is 32.2. The zero-order valence-electron chi connectivity index (χ0n) is 12.6. The van der Waals surface area contributed by atoms with Gasteiger partial charge in [0.25, 0.3) is 5.69 Å². The van der Waals surface area contributed by atoms with Gasteiger partial charge in [0.05, 0.1) is 4.92 Å². The van der Waals surface area contributed by atoms with Crippen molar-refractivity contribution in [1.82, 2.24) is 5.32 Å². The zero-order valence-corrected chi connectivity index (χ0v) is 12.6. The van der Waals surface area contributed by atoms with E-state index < -0.39 is 17.0 Å². The molecule has 0 aliphatic rings. The van der Waals surface area contributed by atoms with Gasteiger partial charge in [0, 0.05) is 30.8 Å². The van der Waals surface area contributed by atoms with E-state index in [-0.39, 0.29) is 24.6 Å². The molecule has 10 heteroatoms. The Bertz CT molecular complexity index is 605. The molecule has 0 spiro atoms. The molecule has 0 bridgehead atoms. The number of nitro benzene ring substituents is 1. The number of carbonyl (C=O) groups is 2. The Morgan fingerprint density at radius 1 is 1.17 bits per heavy atom. The molecule has 2 amide bonds. The van der Waals surface area contributed by atoms with Crippen molar-refractivity contribution >= 4 is 23.2 Å². The zero-order chi connectivity index (χ0) is 18.2. The van der Waals surface area contributed by atoms with Crippen LogP contribution in [0.5, 0.6) is 0 Å². The van der Waals surface area contributed by atoms with E-state index in [0.717, 1.165) is 0 Å². The first-order chi connectivity index (χ1) is 11.2. The SMILES string of the molecule is O=C(CCCCCNC(=O)C(F)(F)F)Nc1cccc([N+](=O)[O-])c1. The number of nitrogens with one attached hydrogen (secondary N) is 2. The number of carbonyl (C=O) groups excluding carboxylic acids is 2. The predicted octanol–water partition coefficient (Wildman–Crippen LogP) is 2.77. The molecule has 0 fully saturated rings. The number of non-ortho nitro benzene ring substituents is 1. The van der Waals surface area contributed by atoms with Gasteiger partial charge in [0.2, 0.25) is 5.91 Å². The molecule has 0 saturated carbocycles. The van der Waals surface area contributed by atoms with Crippen LogP contribution in [0.3, 0.4) is 0 Å². The number of nitrogens with zero attached hydrogens (tertiary/aromatic N) is 1. The van der Waals surface area contributed by atoms with Gasteiger partial charge in [-0.1, -0.05) is 12.5 Å². The standard InChI is InChI=1S/C14H16F3N3O4/c15-14(16,17)13(22)18-8-3-1-2-7-12(21)19-10-5-4-6-11(9-10)20(23)24/h4-6,9H,1-3,7-8H2,(H,18,22)(H,19,21). The monoisotopic (exact) mass is 347 g/mol. The molecule has 0 saturated heterocycles. The molecule has 7 nitrogen and oxygen atoms in total. The number of hydrogen-bond acceptors (Lipinski definition) is 4. The van der Waals surface area contributed by atoms with Gasteiger partial charge in [0.15, 0.2) is 0 Å². The maximum absolute atomic E-state index is 11.9. The molecule has 132 valence electrons. The normalized spacial score (nSPS) is 11.0. The number of alkyl halides is 3. The first-order valence-electron chi connectivity index (χ1n) is 7.09. The van der Waals surface area contributed by atoms with E-state index in [9.17, 15) is 32.9 Å². The van der Waals surface area contributed by atoms with Crippen molar-refractivity contribution in [2.24, 2.45) is 0 Å². The van der Waals surface area contributed by atoms with E-state index in [2.05, 4.69) is 5.32 Å². The number of nitro groups is 1.